The summed E-state index contributed by atoms with van der Waals surface area (Å²) in [5.41, 5.74) is 5.72. The molecule has 1 rings (SSSR count). The average molecular weight is 334 g/mol. The standard InChI is InChI=1S/C16H31N3O2.ClH/c1-5-6-12(4)19-10-13(8-15(19)20)16(21)18-14(9-17)7-11(2)3;/h11-14H,5-10,17H2,1-4H3,(H,18,21);1H. The number of halogens is 1. The SMILES string of the molecule is CCCC(C)N1CC(C(=O)NC(CN)CC(C)C)CC1=O.Cl. The van der Waals surface area contributed by atoms with Gasteiger partial charge in [-0.15, -0.1) is 12.4 Å². The first-order valence-electron chi connectivity index (χ1n) is 8.18. The van der Waals surface area contributed by atoms with Crippen LogP contribution in [-0.4, -0.2) is 41.9 Å². The zero-order valence-electron chi connectivity index (χ0n) is 14.3. The molecule has 1 heterocycles. The van der Waals surface area contributed by atoms with Gasteiger partial charge >= 0.3 is 0 Å². The number of nitrogens with one attached hydrogen (secondary N) is 1. The largest absolute Gasteiger partial charge is 0.352 e. The molecular weight excluding hydrogens is 302 g/mol. The molecule has 3 atom stereocenters. The maximum atomic E-state index is 12.3. The van der Waals surface area contributed by atoms with Crippen molar-refractivity contribution in [1.29, 1.82) is 0 Å². The van der Waals surface area contributed by atoms with Crippen LogP contribution >= 0.6 is 12.4 Å². The number of rotatable bonds is 8. The summed E-state index contributed by atoms with van der Waals surface area (Å²) in [6, 6.07) is 0.232. The van der Waals surface area contributed by atoms with Crippen LogP contribution in [0.15, 0.2) is 0 Å². The summed E-state index contributed by atoms with van der Waals surface area (Å²) in [5.74, 6) is 0.345. The zero-order chi connectivity index (χ0) is 16.0. The van der Waals surface area contributed by atoms with Crippen LogP contribution in [0.25, 0.3) is 0 Å². The van der Waals surface area contributed by atoms with Gasteiger partial charge in [0.2, 0.25) is 11.8 Å². The third-order valence-corrected chi connectivity index (χ3v) is 4.15. The fourth-order valence-electron chi connectivity index (χ4n) is 3.01. The molecule has 0 aliphatic carbocycles. The van der Waals surface area contributed by atoms with Gasteiger partial charge < -0.3 is 16.0 Å². The minimum absolute atomic E-state index is 0. The highest BCUT2D eigenvalue weighted by molar-refractivity contribution is 5.89. The highest BCUT2D eigenvalue weighted by Crippen LogP contribution is 2.22. The van der Waals surface area contributed by atoms with Gasteiger partial charge in [0.15, 0.2) is 0 Å². The van der Waals surface area contributed by atoms with Crippen molar-refractivity contribution < 1.29 is 9.59 Å². The van der Waals surface area contributed by atoms with E-state index in [-0.39, 0.29) is 42.2 Å². The van der Waals surface area contributed by atoms with Gasteiger partial charge in [-0.2, -0.15) is 0 Å². The molecule has 0 aromatic heterocycles. The van der Waals surface area contributed by atoms with Gasteiger partial charge in [-0.3, -0.25) is 9.59 Å². The Morgan fingerprint density at radius 3 is 2.55 bits per heavy atom. The first-order valence-corrected chi connectivity index (χ1v) is 8.18. The third kappa shape index (κ3) is 6.13. The van der Waals surface area contributed by atoms with Crippen LogP contribution in [0.5, 0.6) is 0 Å². The molecule has 0 aromatic carbocycles. The van der Waals surface area contributed by atoms with Crippen LogP contribution in [0.3, 0.4) is 0 Å². The van der Waals surface area contributed by atoms with Crippen LogP contribution in [-0.2, 0) is 9.59 Å². The zero-order valence-corrected chi connectivity index (χ0v) is 15.1. The molecule has 1 saturated heterocycles. The van der Waals surface area contributed by atoms with E-state index < -0.39 is 0 Å². The first-order chi connectivity index (χ1) is 9.88. The second kappa shape index (κ2) is 10.1. The Hall–Kier alpha value is -0.810. The fourth-order valence-corrected chi connectivity index (χ4v) is 3.01. The van der Waals surface area contributed by atoms with Crippen LogP contribution in [0.1, 0.15) is 53.4 Å². The summed E-state index contributed by atoms with van der Waals surface area (Å²) in [6.45, 7) is 9.39. The molecule has 130 valence electrons. The molecule has 6 heteroatoms. The molecule has 0 spiro atoms. The number of carbonyl (C=O) groups excluding carboxylic acids is 2. The quantitative estimate of drug-likeness (QED) is 0.712. The summed E-state index contributed by atoms with van der Waals surface area (Å²) >= 11 is 0. The van der Waals surface area contributed by atoms with Crippen LogP contribution in [0, 0.1) is 11.8 Å². The van der Waals surface area contributed by atoms with Gasteiger partial charge in [-0.05, 0) is 25.7 Å². The third-order valence-electron chi connectivity index (χ3n) is 4.15. The molecule has 0 radical (unpaired) electrons. The molecular formula is C16H32ClN3O2. The van der Waals surface area contributed by atoms with Crippen molar-refractivity contribution in [2.24, 2.45) is 17.6 Å². The molecule has 3 N–H and O–H groups in total. The molecule has 0 bridgehead atoms. The Morgan fingerprint density at radius 2 is 2.05 bits per heavy atom. The number of hydrogen-bond donors (Lipinski definition) is 2. The number of nitrogens with zero attached hydrogens (tertiary/aromatic N) is 1. The second-order valence-corrected chi connectivity index (χ2v) is 6.66. The first kappa shape index (κ1) is 21.2. The van der Waals surface area contributed by atoms with E-state index in [1.165, 1.54) is 0 Å². The Morgan fingerprint density at radius 1 is 1.41 bits per heavy atom. The minimum atomic E-state index is -0.224. The van der Waals surface area contributed by atoms with E-state index in [1.54, 1.807) is 0 Å². The molecule has 1 aliphatic heterocycles. The van der Waals surface area contributed by atoms with Crippen molar-refractivity contribution in [2.45, 2.75) is 65.5 Å². The van der Waals surface area contributed by atoms with E-state index in [2.05, 4.69) is 33.0 Å². The van der Waals surface area contributed by atoms with Crippen LogP contribution in [0.2, 0.25) is 0 Å². The molecule has 0 aromatic rings. The smallest absolute Gasteiger partial charge is 0.225 e. The van der Waals surface area contributed by atoms with Crippen LogP contribution in [0.4, 0.5) is 0 Å². The molecule has 0 saturated carbocycles. The lowest BCUT2D eigenvalue weighted by molar-refractivity contribution is -0.130. The lowest BCUT2D eigenvalue weighted by atomic mass is 10.0. The van der Waals surface area contributed by atoms with Gasteiger partial charge in [0.1, 0.15) is 0 Å². The van der Waals surface area contributed by atoms with E-state index in [1.807, 2.05) is 4.90 Å². The van der Waals surface area contributed by atoms with Crippen molar-refractivity contribution in [3.63, 3.8) is 0 Å². The minimum Gasteiger partial charge on any atom is -0.352 e. The fraction of sp³-hybridized carbons (Fsp3) is 0.875. The number of amides is 2. The number of carbonyl (C=O) groups is 2. The number of nitrogens with two attached hydrogens (primary N) is 1. The summed E-state index contributed by atoms with van der Waals surface area (Å²) in [7, 11) is 0. The Balaban J connectivity index is 0.00000441. The molecule has 1 aliphatic rings. The monoisotopic (exact) mass is 333 g/mol. The maximum absolute atomic E-state index is 12.3. The predicted molar refractivity (Wildman–Crippen MR) is 91.9 cm³/mol. The topological polar surface area (TPSA) is 75.4 Å². The van der Waals surface area contributed by atoms with Crippen molar-refractivity contribution in [2.75, 3.05) is 13.1 Å². The van der Waals surface area contributed by atoms with E-state index in [0.717, 1.165) is 19.3 Å². The Bertz CT molecular complexity index is 363. The highest BCUT2D eigenvalue weighted by Gasteiger charge is 2.36. The van der Waals surface area contributed by atoms with Crippen molar-refractivity contribution in [1.82, 2.24) is 10.2 Å². The lowest BCUT2D eigenvalue weighted by Gasteiger charge is -2.25. The molecule has 3 unspecified atom stereocenters. The number of likely N-dealkylation sites (tertiary alicyclic amines) is 1. The van der Waals surface area contributed by atoms with Crippen molar-refractivity contribution in [3.8, 4) is 0 Å². The maximum Gasteiger partial charge on any atom is 0.225 e. The predicted octanol–water partition coefficient (Wildman–Crippen LogP) is 1.93. The van der Waals surface area contributed by atoms with Crippen LogP contribution < -0.4 is 11.1 Å². The van der Waals surface area contributed by atoms with Gasteiger partial charge in [0.25, 0.3) is 0 Å². The summed E-state index contributed by atoms with van der Waals surface area (Å²) in [5, 5.41) is 3.01. The second-order valence-electron chi connectivity index (χ2n) is 6.66. The highest BCUT2D eigenvalue weighted by atomic mass is 35.5. The molecule has 2 amide bonds. The van der Waals surface area contributed by atoms with Crippen molar-refractivity contribution >= 4 is 24.2 Å². The summed E-state index contributed by atoms with van der Waals surface area (Å²) < 4.78 is 0. The number of hydrogen-bond acceptors (Lipinski definition) is 3. The van der Waals surface area contributed by atoms with Gasteiger partial charge in [-0.25, -0.2) is 0 Å². The van der Waals surface area contributed by atoms with E-state index in [0.29, 0.717) is 25.4 Å². The van der Waals surface area contributed by atoms with Gasteiger partial charge in [0, 0.05) is 31.6 Å². The average Bonchev–Trinajstić information content (AvgIpc) is 2.80. The molecule has 1 fully saturated rings. The Labute approximate surface area is 140 Å². The van der Waals surface area contributed by atoms with E-state index in [4.69, 9.17) is 5.73 Å². The summed E-state index contributed by atoms with van der Waals surface area (Å²) in [6.07, 6.45) is 3.24. The summed E-state index contributed by atoms with van der Waals surface area (Å²) in [4.78, 5) is 26.2. The molecule has 5 nitrogen and oxygen atoms in total. The van der Waals surface area contributed by atoms with Crippen molar-refractivity contribution in [3.05, 3.63) is 0 Å². The lowest BCUT2D eigenvalue weighted by Crippen LogP contribution is -2.44. The van der Waals surface area contributed by atoms with E-state index in [9.17, 15) is 9.59 Å². The molecule has 22 heavy (non-hydrogen) atoms. The van der Waals surface area contributed by atoms with Gasteiger partial charge in [0.05, 0.1) is 5.92 Å². The Kier molecular flexibility index (Phi) is 9.69. The van der Waals surface area contributed by atoms with E-state index >= 15 is 0 Å². The van der Waals surface area contributed by atoms with Gasteiger partial charge in [-0.1, -0.05) is 27.2 Å². The normalized spacial score (nSPS) is 20.7.